The van der Waals surface area contributed by atoms with Gasteiger partial charge in [0.2, 0.25) is 0 Å². The second-order valence-corrected chi connectivity index (χ2v) is 5.09. The van der Waals surface area contributed by atoms with Crippen molar-refractivity contribution in [1.82, 2.24) is 4.90 Å². The van der Waals surface area contributed by atoms with E-state index in [1.54, 1.807) is 0 Å². The van der Waals surface area contributed by atoms with Gasteiger partial charge in [-0.1, -0.05) is 15.9 Å². The molecule has 0 aromatic heterocycles. The predicted molar refractivity (Wildman–Crippen MR) is 46.3 cm³/mol. The lowest BCUT2D eigenvalue weighted by molar-refractivity contribution is 0.159. The van der Waals surface area contributed by atoms with E-state index >= 15 is 0 Å². The van der Waals surface area contributed by atoms with Gasteiger partial charge in [-0.3, -0.25) is 4.90 Å². The highest BCUT2D eigenvalue weighted by Crippen LogP contribution is 2.46. The molecule has 0 amide bonds. The van der Waals surface area contributed by atoms with E-state index in [1.165, 1.54) is 32.1 Å². The summed E-state index contributed by atoms with van der Waals surface area (Å²) >= 11 is 3.83. The van der Waals surface area contributed by atoms with Crippen LogP contribution in [0.5, 0.6) is 0 Å². The predicted octanol–water partition coefficient (Wildman–Crippen LogP) is 2.36. The summed E-state index contributed by atoms with van der Waals surface area (Å²) in [5, 5.41) is 0. The third-order valence-corrected chi connectivity index (χ3v) is 4.49. The molecule has 2 bridgehead atoms. The van der Waals surface area contributed by atoms with E-state index in [9.17, 15) is 0 Å². The Hall–Kier alpha value is 0.440. The fourth-order valence-corrected chi connectivity index (χ4v) is 3.13. The number of alkyl halides is 1. The molecule has 2 saturated heterocycles. The Morgan fingerprint density at radius 3 is 2.80 bits per heavy atom. The first-order chi connectivity index (χ1) is 4.72. The van der Waals surface area contributed by atoms with Gasteiger partial charge >= 0.3 is 0 Å². The zero-order chi connectivity index (χ0) is 7.19. The van der Waals surface area contributed by atoms with Crippen LogP contribution >= 0.6 is 15.9 Å². The summed E-state index contributed by atoms with van der Waals surface area (Å²) in [4.78, 5) is 2.52. The van der Waals surface area contributed by atoms with Crippen molar-refractivity contribution in [1.29, 1.82) is 0 Å². The molecule has 0 radical (unpaired) electrons. The summed E-state index contributed by atoms with van der Waals surface area (Å²) in [7, 11) is 2.26. The smallest absolute Gasteiger partial charge is 0.0767 e. The van der Waals surface area contributed by atoms with Crippen LogP contribution in [0.3, 0.4) is 0 Å². The van der Waals surface area contributed by atoms with Gasteiger partial charge in [0.25, 0.3) is 0 Å². The topological polar surface area (TPSA) is 3.24 Å². The Morgan fingerprint density at radius 1 is 1.40 bits per heavy atom. The van der Waals surface area contributed by atoms with Crippen LogP contribution in [0.4, 0.5) is 0 Å². The second kappa shape index (κ2) is 2.21. The highest BCUT2D eigenvalue weighted by molar-refractivity contribution is 9.10. The molecule has 0 saturated carbocycles. The molecule has 2 aliphatic rings. The van der Waals surface area contributed by atoms with E-state index in [-0.39, 0.29) is 0 Å². The SMILES string of the molecule is CN1[C@@H]2CCC[C@@]1(Br)CC2. The van der Waals surface area contributed by atoms with Gasteiger partial charge in [0, 0.05) is 6.04 Å². The Bertz CT molecular complexity index is 144. The summed E-state index contributed by atoms with van der Waals surface area (Å²) in [5.74, 6) is 0. The molecule has 2 atom stereocenters. The number of fused-ring (bicyclic) bond motifs is 2. The van der Waals surface area contributed by atoms with Gasteiger partial charge in [0.1, 0.15) is 0 Å². The van der Waals surface area contributed by atoms with Crippen LogP contribution in [0.1, 0.15) is 32.1 Å². The second-order valence-electron chi connectivity index (χ2n) is 3.61. The quantitative estimate of drug-likeness (QED) is 0.432. The molecular formula is C8H14BrN. The first-order valence-corrected chi connectivity index (χ1v) is 4.93. The third-order valence-electron chi connectivity index (χ3n) is 3.14. The summed E-state index contributed by atoms with van der Waals surface area (Å²) in [5.41, 5.74) is 0. The van der Waals surface area contributed by atoms with E-state index in [4.69, 9.17) is 0 Å². The number of halogens is 1. The maximum Gasteiger partial charge on any atom is 0.0767 e. The van der Waals surface area contributed by atoms with Crippen LogP contribution in [0.2, 0.25) is 0 Å². The van der Waals surface area contributed by atoms with E-state index in [1.807, 2.05) is 0 Å². The van der Waals surface area contributed by atoms with E-state index in [0.717, 1.165) is 6.04 Å². The summed E-state index contributed by atoms with van der Waals surface area (Å²) < 4.78 is 0.399. The van der Waals surface area contributed by atoms with Gasteiger partial charge in [-0.25, -0.2) is 0 Å². The minimum absolute atomic E-state index is 0.399. The lowest BCUT2D eigenvalue weighted by atomic mass is 10.0. The van der Waals surface area contributed by atoms with Crippen LogP contribution in [0.15, 0.2) is 0 Å². The zero-order valence-corrected chi connectivity index (χ0v) is 8.02. The van der Waals surface area contributed by atoms with E-state index in [2.05, 4.69) is 27.9 Å². The zero-order valence-electron chi connectivity index (χ0n) is 6.44. The van der Waals surface area contributed by atoms with Crippen molar-refractivity contribution in [3.8, 4) is 0 Å². The standard InChI is InChI=1S/C8H14BrN/c1-10-7-3-2-5-8(10,9)6-4-7/h7H,2-6H2,1H3/t7-,8+/m1/s1. The lowest BCUT2D eigenvalue weighted by Crippen LogP contribution is -2.42. The van der Waals surface area contributed by atoms with Crippen LogP contribution < -0.4 is 0 Å². The molecule has 2 rings (SSSR count). The molecule has 0 N–H and O–H groups in total. The number of piperidine rings is 1. The Kier molecular flexibility index (Phi) is 1.57. The molecule has 10 heavy (non-hydrogen) atoms. The Morgan fingerprint density at radius 2 is 2.20 bits per heavy atom. The molecule has 0 spiro atoms. The molecule has 2 heteroatoms. The van der Waals surface area contributed by atoms with Crippen molar-refractivity contribution in [3.05, 3.63) is 0 Å². The van der Waals surface area contributed by atoms with Crippen LogP contribution in [0, 0.1) is 0 Å². The van der Waals surface area contributed by atoms with Crippen molar-refractivity contribution in [2.75, 3.05) is 7.05 Å². The molecule has 2 heterocycles. The molecule has 2 aliphatic heterocycles. The molecular weight excluding hydrogens is 190 g/mol. The van der Waals surface area contributed by atoms with Crippen molar-refractivity contribution in [2.45, 2.75) is 42.6 Å². The van der Waals surface area contributed by atoms with Gasteiger partial charge in [0.15, 0.2) is 0 Å². The minimum atomic E-state index is 0.399. The third kappa shape index (κ3) is 0.850. The molecule has 0 unspecified atom stereocenters. The van der Waals surface area contributed by atoms with Crippen molar-refractivity contribution in [3.63, 3.8) is 0 Å². The fourth-order valence-electron chi connectivity index (χ4n) is 2.33. The van der Waals surface area contributed by atoms with Gasteiger partial charge in [-0.05, 0) is 39.2 Å². The average Bonchev–Trinajstić information content (AvgIpc) is 2.18. The van der Waals surface area contributed by atoms with E-state index < -0.39 is 0 Å². The monoisotopic (exact) mass is 203 g/mol. The Labute approximate surface area is 70.9 Å². The highest BCUT2D eigenvalue weighted by Gasteiger charge is 2.44. The van der Waals surface area contributed by atoms with Crippen LogP contribution in [-0.2, 0) is 0 Å². The lowest BCUT2D eigenvalue weighted by Gasteiger charge is -2.38. The van der Waals surface area contributed by atoms with E-state index in [0.29, 0.717) is 4.45 Å². The van der Waals surface area contributed by atoms with Crippen molar-refractivity contribution < 1.29 is 0 Å². The number of rotatable bonds is 0. The first-order valence-electron chi connectivity index (χ1n) is 4.14. The fraction of sp³-hybridized carbons (Fsp3) is 1.00. The van der Waals surface area contributed by atoms with Crippen LogP contribution in [-0.4, -0.2) is 22.4 Å². The van der Waals surface area contributed by atoms with Crippen molar-refractivity contribution in [2.24, 2.45) is 0 Å². The Balaban J connectivity index is 2.21. The van der Waals surface area contributed by atoms with Gasteiger partial charge in [-0.15, -0.1) is 0 Å². The van der Waals surface area contributed by atoms with Gasteiger partial charge in [-0.2, -0.15) is 0 Å². The molecule has 58 valence electrons. The normalized spacial score (nSPS) is 48.0. The highest BCUT2D eigenvalue weighted by atomic mass is 79.9. The number of nitrogens with zero attached hydrogens (tertiary/aromatic N) is 1. The van der Waals surface area contributed by atoms with Gasteiger partial charge in [0.05, 0.1) is 4.45 Å². The average molecular weight is 204 g/mol. The maximum absolute atomic E-state index is 3.83. The summed E-state index contributed by atoms with van der Waals surface area (Å²) in [6, 6.07) is 0.883. The maximum atomic E-state index is 3.83. The minimum Gasteiger partial charge on any atom is -0.289 e. The van der Waals surface area contributed by atoms with Crippen molar-refractivity contribution >= 4 is 15.9 Å². The van der Waals surface area contributed by atoms with Gasteiger partial charge < -0.3 is 0 Å². The molecule has 0 aliphatic carbocycles. The van der Waals surface area contributed by atoms with Crippen LogP contribution in [0.25, 0.3) is 0 Å². The molecule has 0 aromatic rings. The number of hydrogen-bond acceptors (Lipinski definition) is 1. The summed E-state index contributed by atoms with van der Waals surface area (Å²) in [6.07, 6.45) is 6.94. The largest absolute Gasteiger partial charge is 0.289 e. The molecule has 2 fully saturated rings. The molecule has 0 aromatic carbocycles. The first kappa shape index (κ1) is 7.11. The number of hydrogen-bond donors (Lipinski definition) is 0. The molecule has 1 nitrogen and oxygen atoms in total. The summed E-state index contributed by atoms with van der Waals surface area (Å²) in [6.45, 7) is 0.